The number of ether oxygens (including phenoxy) is 1. The van der Waals surface area contributed by atoms with Gasteiger partial charge in [-0.2, -0.15) is 0 Å². The number of nitrogens with one attached hydrogen (secondary N) is 1. The minimum absolute atomic E-state index is 0.0740. The average molecular weight is 424 g/mol. The lowest BCUT2D eigenvalue weighted by Gasteiger charge is -2.23. The summed E-state index contributed by atoms with van der Waals surface area (Å²) in [5.41, 5.74) is 5.46. The summed E-state index contributed by atoms with van der Waals surface area (Å²) in [6.45, 7) is 6.31. The number of aryl methyl sites for hydroxylation is 3. The molecule has 3 rings (SSSR count). The summed E-state index contributed by atoms with van der Waals surface area (Å²) in [4.78, 5) is 0. The molecule has 31 heavy (non-hydrogen) atoms. The van der Waals surface area contributed by atoms with Crippen molar-refractivity contribution in [3.63, 3.8) is 0 Å². The topological polar surface area (TPSA) is 21.3 Å². The summed E-state index contributed by atoms with van der Waals surface area (Å²) in [6.07, 6.45) is 2.08. The first kappa shape index (κ1) is 23.1. The van der Waals surface area contributed by atoms with Crippen LogP contribution in [0, 0.1) is 25.5 Å². The Bertz CT molecular complexity index is 938. The molecule has 3 aromatic carbocycles. The van der Waals surface area contributed by atoms with Crippen LogP contribution in [-0.4, -0.2) is 19.7 Å². The van der Waals surface area contributed by atoms with Gasteiger partial charge < -0.3 is 10.1 Å². The molecule has 0 aliphatic rings. The minimum Gasteiger partial charge on any atom is -0.372 e. The molecular formula is C27H31F2NO. The maximum atomic E-state index is 13.9. The van der Waals surface area contributed by atoms with Gasteiger partial charge in [-0.25, -0.2) is 8.78 Å². The lowest BCUT2D eigenvalue weighted by atomic mass is 9.97. The van der Waals surface area contributed by atoms with Gasteiger partial charge in [-0.1, -0.05) is 54.6 Å². The van der Waals surface area contributed by atoms with Crippen molar-refractivity contribution in [1.29, 1.82) is 0 Å². The molecule has 0 amide bonds. The van der Waals surface area contributed by atoms with Crippen molar-refractivity contribution in [3.8, 4) is 0 Å². The summed E-state index contributed by atoms with van der Waals surface area (Å²) in [7, 11) is 0. The summed E-state index contributed by atoms with van der Waals surface area (Å²) >= 11 is 0. The molecule has 1 unspecified atom stereocenters. The van der Waals surface area contributed by atoms with Gasteiger partial charge >= 0.3 is 0 Å². The molecule has 164 valence electrons. The van der Waals surface area contributed by atoms with Crippen molar-refractivity contribution in [2.45, 2.75) is 39.2 Å². The highest BCUT2D eigenvalue weighted by molar-refractivity contribution is 5.35. The molecule has 1 N–H and O–H groups in total. The van der Waals surface area contributed by atoms with Crippen LogP contribution in [0.15, 0.2) is 66.7 Å². The zero-order chi connectivity index (χ0) is 22.1. The molecule has 2 nitrogen and oxygen atoms in total. The second-order valence-corrected chi connectivity index (χ2v) is 7.94. The van der Waals surface area contributed by atoms with Crippen molar-refractivity contribution in [2.75, 3.05) is 19.7 Å². The lowest BCUT2D eigenvalue weighted by molar-refractivity contribution is 0.0503. The molecule has 0 saturated heterocycles. The van der Waals surface area contributed by atoms with Gasteiger partial charge in [0, 0.05) is 19.2 Å². The maximum absolute atomic E-state index is 13.9. The van der Waals surface area contributed by atoms with Gasteiger partial charge in [0.05, 0.1) is 6.10 Å². The van der Waals surface area contributed by atoms with Crippen molar-refractivity contribution in [1.82, 2.24) is 5.32 Å². The predicted molar refractivity (Wildman–Crippen MR) is 122 cm³/mol. The minimum atomic E-state index is -0.547. The SMILES string of the molecule is Cc1cccc(C)c1C(CNCCc1ccccc1)OCCCc1ccc(F)cc1F. The summed E-state index contributed by atoms with van der Waals surface area (Å²) in [5, 5.41) is 3.53. The van der Waals surface area contributed by atoms with E-state index >= 15 is 0 Å². The van der Waals surface area contributed by atoms with E-state index in [1.807, 2.05) is 6.07 Å². The highest BCUT2D eigenvalue weighted by Gasteiger charge is 2.16. The van der Waals surface area contributed by atoms with Gasteiger partial charge in [-0.15, -0.1) is 0 Å². The fraction of sp³-hybridized carbons (Fsp3) is 0.333. The van der Waals surface area contributed by atoms with Crippen LogP contribution in [0.4, 0.5) is 8.78 Å². The molecule has 0 radical (unpaired) electrons. The van der Waals surface area contributed by atoms with Gasteiger partial charge in [-0.05, 0) is 73.5 Å². The predicted octanol–water partition coefficient (Wildman–Crippen LogP) is 6.10. The van der Waals surface area contributed by atoms with Gasteiger partial charge in [0.2, 0.25) is 0 Å². The summed E-state index contributed by atoms with van der Waals surface area (Å²) in [5.74, 6) is -1.04. The molecule has 0 bridgehead atoms. The van der Waals surface area contributed by atoms with Crippen LogP contribution in [0.5, 0.6) is 0 Å². The number of hydrogen-bond donors (Lipinski definition) is 1. The van der Waals surface area contributed by atoms with Crippen molar-refractivity contribution in [3.05, 3.63) is 106 Å². The van der Waals surface area contributed by atoms with Crippen molar-refractivity contribution in [2.24, 2.45) is 0 Å². The first-order chi connectivity index (χ1) is 15.0. The quantitative estimate of drug-likeness (QED) is 0.376. The zero-order valence-corrected chi connectivity index (χ0v) is 18.3. The molecule has 0 aliphatic carbocycles. The van der Waals surface area contributed by atoms with Crippen LogP contribution in [-0.2, 0) is 17.6 Å². The Balaban J connectivity index is 1.56. The van der Waals surface area contributed by atoms with Crippen LogP contribution < -0.4 is 5.32 Å². The van der Waals surface area contributed by atoms with E-state index < -0.39 is 11.6 Å². The molecule has 0 spiro atoms. The van der Waals surface area contributed by atoms with E-state index in [1.165, 1.54) is 34.4 Å². The molecule has 0 heterocycles. The first-order valence-electron chi connectivity index (χ1n) is 10.9. The van der Waals surface area contributed by atoms with Gasteiger partial charge in [0.15, 0.2) is 0 Å². The number of rotatable bonds is 11. The molecular weight excluding hydrogens is 392 g/mol. The molecule has 0 aliphatic heterocycles. The monoisotopic (exact) mass is 423 g/mol. The molecule has 1 atom stereocenters. The fourth-order valence-corrected chi connectivity index (χ4v) is 3.90. The highest BCUT2D eigenvalue weighted by Crippen LogP contribution is 2.25. The third-order valence-electron chi connectivity index (χ3n) is 5.55. The van der Waals surface area contributed by atoms with E-state index in [2.05, 4.69) is 61.6 Å². The van der Waals surface area contributed by atoms with Crippen LogP contribution in [0.1, 0.15) is 40.3 Å². The highest BCUT2D eigenvalue weighted by atomic mass is 19.1. The van der Waals surface area contributed by atoms with Gasteiger partial charge in [0.1, 0.15) is 11.6 Å². The summed E-state index contributed by atoms with van der Waals surface area (Å²) in [6, 6.07) is 20.4. The zero-order valence-electron chi connectivity index (χ0n) is 18.3. The van der Waals surface area contributed by atoms with E-state index in [9.17, 15) is 8.78 Å². The Morgan fingerprint density at radius 2 is 1.61 bits per heavy atom. The standard InChI is InChI=1S/C27H31F2NO/c1-20-8-6-9-21(2)27(20)26(19-30-16-15-22-10-4-3-5-11-22)31-17-7-12-23-13-14-24(28)18-25(23)29/h3-6,8-11,13-14,18,26,30H,7,12,15-17,19H2,1-2H3. The van der Waals surface area contributed by atoms with Crippen molar-refractivity contribution >= 4 is 0 Å². The average Bonchev–Trinajstić information content (AvgIpc) is 2.75. The van der Waals surface area contributed by atoms with E-state index in [1.54, 1.807) is 0 Å². The first-order valence-corrected chi connectivity index (χ1v) is 10.9. The summed E-state index contributed by atoms with van der Waals surface area (Å²) < 4.78 is 33.2. The molecule has 0 fully saturated rings. The van der Waals surface area contributed by atoms with Gasteiger partial charge in [-0.3, -0.25) is 0 Å². The van der Waals surface area contributed by atoms with Crippen LogP contribution in [0.25, 0.3) is 0 Å². The molecule has 0 aromatic heterocycles. The smallest absolute Gasteiger partial charge is 0.129 e. The maximum Gasteiger partial charge on any atom is 0.129 e. The third kappa shape index (κ3) is 6.98. The van der Waals surface area contributed by atoms with E-state index in [4.69, 9.17) is 4.74 Å². The van der Waals surface area contributed by atoms with E-state index in [0.717, 1.165) is 19.0 Å². The number of benzene rings is 3. The Morgan fingerprint density at radius 1 is 0.871 bits per heavy atom. The van der Waals surface area contributed by atoms with E-state index in [0.29, 0.717) is 31.6 Å². The van der Waals surface area contributed by atoms with Crippen LogP contribution in [0.3, 0.4) is 0 Å². The van der Waals surface area contributed by atoms with E-state index in [-0.39, 0.29) is 6.10 Å². The Kier molecular flexibility index (Phi) is 8.74. The Labute approximate surface area is 184 Å². The van der Waals surface area contributed by atoms with Crippen molar-refractivity contribution < 1.29 is 13.5 Å². The molecule has 3 aromatic rings. The normalized spacial score (nSPS) is 12.1. The number of hydrogen-bond acceptors (Lipinski definition) is 2. The van der Waals surface area contributed by atoms with Crippen LogP contribution in [0.2, 0.25) is 0 Å². The largest absolute Gasteiger partial charge is 0.372 e. The third-order valence-corrected chi connectivity index (χ3v) is 5.55. The second kappa shape index (κ2) is 11.7. The molecule has 0 saturated carbocycles. The fourth-order valence-electron chi connectivity index (χ4n) is 3.90. The second-order valence-electron chi connectivity index (χ2n) is 7.94. The lowest BCUT2D eigenvalue weighted by Crippen LogP contribution is -2.26. The number of halogens is 2. The Morgan fingerprint density at radius 3 is 2.32 bits per heavy atom. The van der Waals surface area contributed by atoms with Gasteiger partial charge in [0.25, 0.3) is 0 Å². The Hall–Kier alpha value is -2.56. The molecule has 4 heteroatoms. The van der Waals surface area contributed by atoms with Crippen LogP contribution >= 0.6 is 0 Å².